The molecule has 0 bridgehead atoms. The number of carbonyl (C=O) groups is 1. The largest absolute Gasteiger partial charge is 0.464 e. The lowest BCUT2D eigenvalue weighted by Gasteiger charge is -2.30. The number of ether oxygens (including phenoxy) is 1. The van der Waals surface area contributed by atoms with Crippen molar-refractivity contribution in [2.75, 3.05) is 6.61 Å². The highest BCUT2D eigenvalue weighted by Gasteiger charge is 2.57. The molecule has 0 saturated heterocycles. The van der Waals surface area contributed by atoms with Crippen molar-refractivity contribution < 1.29 is 9.53 Å². The molecule has 3 aromatic carbocycles. The molecule has 0 unspecified atom stereocenters. The average molecular weight is 385 g/mol. The summed E-state index contributed by atoms with van der Waals surface area (Å²) < 4.78 is 4.87. The van der Waals surface area contributed by atoms with Crippen LogP contribution >= 0.6 is 11.8 Å². The van der Waals surface area contributed by atoms with Gasteiger partial charge in [-0.2, -0.15) is 0 Å². The van der Waals surface area contributed by atoms with E-state index in [-0.39, 0.29) is 5.97 Å². The van der Waals surface area contributed by atoms with E-state index in [0.717, 1.165) is 21.7 Å². The Kier molecular flexibility index (Phi) is 4.09. The highest BCUT2D eigenvalue weighted by atomic mass is 32.2. The Morgan fingerprint density at radius 3 is 2.11 bits per heavy atom. The first-order valence-electron chi connectivity index (χ1n) is 9.44. The topological polar surface area (TPSA) is 38.7 Å². The van der Waals surface area contributed by atoms with Crippen LogP contribution in [0.25, 0.3) is 11.1 Å². The molecule has 5 rings (SSSR count). The summed E-state index contributed by atoms with van der Waals surface area (Å²) in [5, 5.41) is 0.880. The number of hydrogen-bond acceptors (Lipinski definition) is 4. The number of hydrogen-bond donors (Lipinski definition) is 0. The fraction of sp³-hybridized carbons (Fsp3) is 0.167. The van der Waals surface area contributed by atoms with Gasteiger partial charge in [0.05, 0.1) is 6.61 Å². The van der Waals surface area contributed by atoms with E-state index in [1.807, 2.05) is 61.5 Å². The molecule has 1 aliphatic carbocycles. The maximum Gasteiger partial charge on any atom is 0.333 e. The summed E-state index contributed by atoms with van der Waals surface area (Å²) >= 11 is 1.67. The molecule has 1 atom stereocenters. The first-order valence-corrected chi connectivity index (χ1v) is 10.3. The summed E-state index contributed by atoms with van der Waals surface area (Å²) in [7, 11) is 0. The van der Waals surface area contributed by atoms with Gasteiger partial charge in [-0.1, -0.05) is 90.6 Å². The number of esters is 1. The van der Waals surface area contributed by atoms with Gasteiger partial charge in [0.15, 0.2) is 6.04 Å². The van der Waals surface area contributed by atoms with Gasteiger partial charge in [0.25, 0.3) is 0 Å². The molecule has 0 saturated carbocycles. The second-order valence-corrected chi connectivity index (χ2v) is 8.12. The Morgan fingerprint density at radius 1 is 0.929 bits per heavy atom. The van der Waals surface area contributed by atoms with Crippen molar-refractivity contribution in [1.29, 1.82) is 0 Å². The molecular formula is C24H19NO2S. The van der Waals surface area contributed by atoms with E-state index in [1.54, 1.807) is 11.8 Å². The number of benzene rings is 3. The number of thioether (sulfide) groups is 1. The maximum atomic E-state index is 13.1. The Balaban J connectivity index is 1.75. The number of fused-ring (bicyclic) bond motifs is 5. The number of carbonyl (C=O) groups excluding carboxylic acids is 1. The molecule has 1 spiro atoms. The van der Waals surface area contributed by atoms with Gasteiger partial charge in [0.2, 0.25) is 0 Å². The van der Waals surface area contributed by atoms with Crippen LogP contribution in [0.5, 0.6) is 0 Å². The molecule has 0 amide bonds. The minimum absolute atomic E-state index is 0.271. The van der Waals surface area contributed by atoms with Crippen LogP contribution in [-0.4, -0.2) is 23.7 Å². The van der Waals surface area contributed by atoms with Gasteiger partial charge >= 0.3 is 5.97 Å². The van der Waals surface area contributed by atoms with Crippen LogP contribution in [0, 0.1) is 0 Å². The van der Waals surface area contributed by atoms with Gasteiger partial charge in [-0.3, -0.25) is 4.99 Å². The fourth-order valence-electron chi connectivity index (χ4n) is 4.23. The van der Waals surface area contributed by atoms with E-state index in [2.05, 4.69) is 24.3 Å². The summed E-state index contributed by atoms with van der Waals surface area (Å²) in [6, 6.07) is 26.1. The van der Waals surface area contributed by atoms with Crippen molar-refractivity contribution in [3.63, 3.8) is 0 Å². The first kappa shape index (κ1) is 17.3. The van der Waals surface area contributed by atoms with Gasteiger partial charge < -0.3 is 4.74 Å². The zero-order chi connectivity index (χ0) is 19.1. The number of nitrogens with zero attached hydrogens (tertiary/aromatic N) is 1. The Labute approximate surface area is 168 Å². The summed E-state index contributed by atoms with van der Waals surface area (Å²) in [4.78, 5) is 18.0. The molecule has 3 nitrogen and oxygen atoms in total. The highest BCUT2D eigenvalue weighted by Crippen LogP contribution is 2.61. The Bertz CT molecular complexity index is 1050. The van der Waals surface area contributed by atoms with Crippen molar-refractivity contribution in [2.24, 2.45) is 4.99 Å². The molecule has 4 heteroatoms. The van der Waals surface area contributed by atoms with Crippen molar-refractivity contribution in [3.05, 3.63) is 95.6 Å². The molecule has 0 fully saturated rings. The van der Waals surface area contributed by atoms with Gasteiger partial charge in [-0.25, -0.2) is 4.79 Å². The third kappa shape index (κ3) is 2.38. The smallest absolute Gasteiger partial charge is 0.333 e. The van der Waals surface area contributed by atoms with Crippen molar-refractivity contribution in [2.45, 2.75) is 17.7 Å². The van der Waals surface area contributed by atoms with Crippen LogP contribution < -0.4 is 0 Å². The quantitative estimate of drug-likeness (QED) is 0.593. The zero-order valence-corrected chi connectivity index (χ0v) is 16.3. The zero-order valence-electron chi connectivity index (χ0n) is 15.5. The predicted molar refractivity (Wildman–Crippen MR) is 114 cm³/mol. The van der Waals surface area contributed by atoms with E-state index in [0.29, 0.717) is 6.61 Å². The van der Waals surface area contributed by atoms with E-state index < -0.39 is 10.8 Å². The van der Waals surface area contributed by atoms with Crippen LogP contribution in [0.15, 0.2) is 83.9 Å². The maximum absolute atomic E-state index is 13.1. The summed E-state index contributed by atoms with van der Waals surface area (Å²) in [6.45, 7) is 2.18. The molecule has 0 N–H and O–H groups in total. The summed E-state index contributed by atoms with van der Waals surface area (Å²) in [5.41, 5.74) is 5.64. The average Bonchev–Trinajstić information content (AvgIpc) is 3.28. The van der Waals surface area contributed by atoms with Gasteiger partial charge in [-0.05, 0) is 29.2 Å². The molecule has 0 aromatic heterocycles. The molecule has 1 aliphatic heterocycles. The molecular weight excluding hydrogens is 366 g/mol. The minimum Gasteiger partial charge on any atom is -0.464 e. The lowest BCUT2D eigenvalue weighted by atomic mass is 9.88. The number of aliphatic imine (C=N–C) groups is 1. The normalized spacial score (nSPS) is 18.5. The molecule has 138 valence electrons. The minimum atomic E-state index is -0.613. The van der Waals surface area contributed by atoms with Crippen LogP contribution in [0.3, 0.4) is 0 Å². The number of rotatable bonds is 3. The van der Waals surface area contributed by atoms with Crippen LogP contribution in [0.4, 0.5) is 0 Å². The van der Waals surface area contributed by atoms with Gasteiger partial charge in [0.1, 0.15) is 9.79 Å². The molecule has 28 heavy (non-hydrogen) atoms. The van der Waals surface area contributed by atoms with Crippen molar-refractivity contribution in [3.8, 4) is 11.1 Å². The second kappa shape index (κ2) is 6.64. The van der Waals surface area contributed by atoms with E-state index in [4.69, 9.17) is 9.73 Å². The molecule has 0 radical (unpaired) electrons. The second-order valence-electron chi connectivity index (χ2n) is 6.88. The molecule has 2 aliphatic rings. The summed E-state index contributed by atoms with van der Waals surface area (Å²) in [5.74, 6) is -0.271. The monoisotopic (exact) mass is 385 g/mol. The van der Waals surface area contributed by atoms with Crippen LogP contribution in [0.2, 0.25) is 0 Å². The van der Waals surface area contributed by atoms with Gasteiger partial charge in [-0.15, -0.1) is 0 Å². The third-order valence-corrected chi connectivity index (χ3v) is 6.88. The lowest BCUT2D eigenvalue weighted by Crippen LogP contribution is -2.39. The standard InChI is InChI=1S/C24H19NO2S/c1-2-27-23(26)21-24(28-22(25-21)16-10-4-3-5-11-16)19-14-8-6-12-17(19)18-13-7-9-15-20(18)24/h3-15,21H,2H2,1H3/t21-/m1/s1. The highest BCUT2D eigenvalue weighted by molar-refractivity contribution is 8.15. The first-order chi connectivity index (χ1) is 13.8. The fourth-order valence-corrected chi connectivity index (χ4v) is 5.78. The molecule has 3 aromatic rings. The van der Waals surface area contributed by atoms with Crippen LogP contribution in [-0.2, 0) is 14.3 Å². The summed E-state index contributed by atoms with van der Waals surface area (Å²) in [6.07, 6.45) is 0. The van der Waals surface area contributed by atoms with Gasteiger partial charge in [0, 0.05) is 5.56 Å². The van der Waals surface area contributed by atoms with Crippen molar-refractivity contribution >= 4 is 22.8 Å². The van der Waals surface area contributed by atoms with E-state index in [1.165, 1.54) is 11.1 Å². The van der Waals surface area contributed by atoms with Crippen molar-refractivity contribution in [1.82, 2.24) is 0 Å². The van der Waals surface area contributed by atoms with Crippen LogP contribution in [0.1, 0.15) is 23.6 Å². The Hall–Kier alpha value is -2.85. The van der Waals surface area contributed by atoms with E-state index >= 15 is 0 Å². The SMILES string of the molecule is CCOC(=O)[C@H]1N=C(c2ccccc2)SC12c1ccccc1-c1ccccc12. The Morgan fingerprint density at radius 2 is 1.50 bits per heavy atom. The predicted octanol–water partition coefficient (Wildman–Crippen LogP) is 5.04. The van der Waals surface area contributed by atoms with E-state index in [9.17, 15) is 4.79 Å². The third-order valence-electron chi connectivity index (χ3n) is 5.36. The molecule has 1 heterocycles. The lowest BCUT2D eigenvalue weighted by molar-refractivity contribution is -0.145.